The van der Waals surface area contributed by atoms with Gasteiger partial charge in [0.05, 0.1) is 0 Å². The Bertz CT molecular complexity index is 243. The fourth-order valence-corrected chi connectivity index (χ4v) is 3.95. The lowest BCUT2D eigenvalue weighted by Gasteiger charge is -2.27. The summed E-state index contributed by atoms with van der Waals surface area (Å²) in [5, 5.41) is 3.53. The predicted octanol–water partition coefficient (Wildman–Crippen LogP) is 1.65. The maximum Gasteiger partial charge on any atom is 0.107 e. The summed E-state index contributed by atoms with van der Waals surface area (Å²) in [7, 11) is 0. The molecule has 5 heteroatoms. The molecule has 4 nitrogen and oxygen atoms in total. The number of hydrogen-bond acceptors (Lipinski definition) is 5. The first-order valence-corrected chi connectivity index (χ1v) is 9.41. The zero-order chi connectivity index (χ0) is 14.0. The molecule has 3 N–H and O–H groups in total. The molecule has 0 radical (unpaired) electrons. The molecule has 2 unspecified atom stereocenters. The molecule has 0 spiro atoms. The number of thioether (sulfide) groups is 1. The van der Waals surface area contributed by atoms with Crippen molar-refractivity contribution >= 4 is 11.8 Å². The lowest BCUT2D eigenvalue weighted by molar-refractivity contribution is 0.0393. The lowest BCUT2D eigenvalue weighted by atomic mass is 10.0. The molecule has 20 heavy (non-hydrogen) atoms. The Labute approximate surface area is 128 Å². The second-order valence-corrected chi connectivity index (χ2v) is 7.18. The maximum atomic E-state index is 6.05. The van der Waals surface area contributed by atoms with E-state index >= 15 is 0 Å². The molecule has 0 bridgehead atoms. The number of hydrogen-bond donors (Lipinski definition) is 2. The van der Waals surface area contributed by atoms with Crippen molar-refractivity contribution in [2.45, 2.75) is 50.8 Å². The average molecular weight is 302 g/mol. The van der Waals surface area contributed by atoms with E-state index in [-0.39, 0.29) is 6.23 Å². The van der Waals surface area contributed by atoms with Gasteiger partial charge in [-0.3, -0.25) is 0 Å². The summed E-state index contributed by atoms with van der Waals surface area (Å²) in [6, 6.07) is 0.574. The molecule has 2 rings (SSSR count). The van der Waals surface area contributed by atoms with Gasteiger partial charge in [-0.1, -0.05) is 6.42 Å². The SMILES string of the molecule is NC(CC1CCCCN1)OCCCCN1CCSCC1. The molecular formula is C15H31N3OS. The number of rotatable bonds is 8. The van der Waals surface area contributed by atoms with Crippen molar-refractivity contribution in [3.05, 3.63) is 0 Å². The molecule has 2 aliphatic heterocycles. The van der Waals surface area contributed by atoms with Gasteiger partial charge in [-0.2, -0.15) is 11.8 Å². The Balaban J connectivity index is 1.43. The third kappa shape index (κ3) is 6.76. The van der Waals surface area contributed by atoms with Crippen LogP contribution >= 0.6 is 11.8 Å². The molecule has 0 saturated carbocycles. The summed E-state index contributed by atoms with van der Waals surface area (Å²) in [4.78, 5) is 2.57. The summed E-state index contributed by atoms with van der Waals surface area (Å²) in [5.41, 5.74) is 6.05. The van der Waals surface area contributed by atoms with Crippen LogP contribution in [-0.2, 0) is 4.74 Å². The highest BCUT2D eigenvalue weighted by atomic mass is 32.2. The van der Waals surface area contributed by atoms with Crippen molar-refractivity contribution in [2.24, 2.45) is 5.73 Å². The van der Waals surface area contributed by atoms with E-state index in [1.807, 2.05) is 0 Å². The first-order valence-electron chi connectivity index (χ1n) is 8.25. The second kappa shape index (κ2) is 10.0. The van der Waals surface area contributed by atoms with Crippen molar-refractivity contribution in [2.75, 3.05) is 44.3 Å². The Morgan fingerprint density at radius 3 is 2.85 bits per heavy atom. The van der Waals surface area contributed by atoms with Crippen molar-refractivity contribution in [3.63, 3.8) is 0 Å². The van der Waals surface area contributed by atoms with Crippen LogP contribution in [0.4, 0.5) is 0 Å². The summed E-state index contributed by atoms with van der Waals surface area (Å²) in [5.74, 6) is 2.60. The number of piperidine rings is 1. The topological polar surface area (TPSA) is 50.5 Å². The lowest BCUT2D eigenvalue weighted by Crippen LogP contribution is -2.40. The maximum absolute atomic E-state index is 6.05. The van der Waals surface area contributed by atoms with Crippen LogP contribution in [0.25, 0.3) is 0 Å². The van der Waals surface area contributed by atoms with Crippen LogP contribution in [0.2, 0.25) is 0 Å². The first kappa shape index (κ1) is 16.6. The normalized spacial score (nSPS) is 26.6. The van der Waals surface area contributed by atoms with E-state index in [0.717, 1.165) is 26.0 Å². The number of nitrogens with one attached hydrogen (secondary N) is 1. The number of unbranched alkanes of at least 4 members (excludes halogenated alkanes) is 1. The van der Waals surface area contributed by atoms with Gasteiger partial charge in [-0.25, -0.2) is 0 Å². The van der Waals surface area contributed by atoms with Gasteiger partial charge in [0.2, 0.25) is 0 Å². The predicted molar refractivity (Wildman–Crippen MR) is 87.2 cm³/mol. The van der Waals surface area contributed by atoms with Crippen LogP contribution in [0, 0.1) is 0 Å². The quantitative estimate of drug-likeness (QED) is 0.527. The van der Waals surface area contributed by atoms with Crippen LogP contribution in [-0.4, -0.2) is 61.5 Å². The van der Waals surface area contributed by atoms with Gasteiger partial charge in [0.15, 0.2) is 0 Å². The van der Waals surface area contributed by atoms with Gasteiger partial charge >= 0.3 is 0 Å². The highest BCUT2D eigenvalue weighted by Gasteiger charge is 2.16. The molecule has 0 aromatic carbocycles. The van der Waals surface area contributed by atoms with Gasteiger partial charge in [0.1, 0.15) is 6.23 Å². The minimum absolute atomic E-state index is 0.0861. The highest BCUT2D eigenvalue weighted by molar-refractivity contribution is 7.99. The summed E-state index contributed by atoms with van der Waals surface area (Å²) >= 11 is 2.07. The summed E-state index contributed by atoms with van der Waals surface area (Å²) in [6.45, 7) is 5.71. The van der Waals surface area contributed by atoms with Gasteiger partial charge < -0.3 is 20.7 Å². The van der Waals surface area contributed by atoms with Crippen molar-refractivity contribution in [3.8, 4) is 0 Å². The second-order valence-electron chi connectivity index (χ2n) is 5.95. The molecule has 2 aliphatic rings. The monoisotopic (exact) mass is 301 g/mol. The van der Waals surface area contributed by atoms with Gasteiger partial charge in [-0.15, -0.1) is 0 Å². The number of ether oxygens (including phenoxy) is 1. The molecule has 0 amide bonds. The Hall–Kier alpha value is 0.190. The summed E-state index contributed by atoms with van der Waals surface area (Å²) < 4.78 is 5.75. The van der Waals surface area contributed by atoms with E-state index in [1.54, 1.807) is 0 Å². The van der Waals surface area contributed by atoms with Gasteiger partial charge in [-0.05, 0) is 38.8 Å². The average Bonchev–Trinajstić information content (AvgIpc) is 2.49. The van der Waals surface area contributed by atoms with Crippen LogP contribution in [0.1, 0.15) is 38.5 Å². The van der Waals surface area contributed by atoms with Crippen LogP contribution in [0.3, 0.4) is 0 Å². The van der Waals surface area contributed by atoms with E-state index < -0.39 is 0 Å². The van der Waals surface area contributed by atoms with E-state index in [4.69, 9.17) is 10.5 Å². The van der Waals surface area contributed by atoms with E-state index in [0.29, 0.717) is 6.04 Å². The summed E-state index contributed by atoms with van der Waals surface area (Å²) in [6.07, 6.45) is 7.14. The van der Waals surface area contributed by atoms with Crippen LogP contribution < -0.4 is 11.1 Å². The van der Waals surface area contributed by atoms with Gasteiger partial charge in [0.25, 0.3) is 0 Å². The van der Waals surface area contributed by atoms with Crippen LogP contribution in [0.15, 0.2) is 0 Å². The molecule has 2 heterocycles. The fourth-order valence-electron chi connectivity index (χ4n) is 2.97. The third-order valence-electron chi connectivity index (χ3n) is 4.23. The zero-order valence-corrected chi connectivity index (χ0v) is 13.5. The van der Waals surface area contributed by atoms with E-state index in [1.165, 1.54) is 56.8 Å². The third-order valence-corrected chi connectivity index (χ3v) is 5.18. The Morgan fingerprint density at radius 2 is 2.10 bits per heavy atom. The fraction of sp³-hybridized carbons (Fsp3) is 1.00. The van der Waals surface area contributed by atoms with Gasteiger partial charge in [0, 0.05) is 43.7 Å². The van der Waals surface area contributed by atoms with Crippen molar-refractivity contribution in [1.82, 2.24) is 10.2 Å². The van der Waals surface area contributed by atoms with Crippen molar-refractivity contribution in [1.29, 1.82) is 0 Å². The molecule has 118 valence electrons. The number of nitrogens with zero attached hydrogens (tertiary/aromatic N) is 1. The largest absolute Gasteiger partial charge is 0.364 e. The van der Waals surface area contributed by atoms with E-state index in [9.17, 15) is 0 Å². The Morgan fingerprint density at radius 1 is 1.25 bits per heavy atom. The molecule has 2 saturated heterocycles. The van der Waals surface area contributed by atoms with Crippen molar-refractivity contribution < 1.29 is 4.74 Å². The number of nitrogens with two attached hydrogens (primary N) is 1. The highest BCUT2D eigenvalue weighted by Crippen LogP contribution is 2.12. The van der Waals surface area contributed by atoms with Crippen LogP contribution in [0.5, 0.6) is 0 Å². The smallest absolute Gasteiger partial charge is 0.107 e. The van der Waals surface area contributed by atoms with E-state index in [2.05, 4.69) is 22.0 Å². The minimum atomic E-state index is -0.0861. The Kier molecular flexibility index (Phi) is 8.28. The zero-order valence-electron chi connectivity index (χ0n) is 12.7. The molecule has 0 aromatic rings. The minimum Gasteiger partial charge on any atom is -0.364 e. The molecule has 0 aromatic heterocycles. The molecule has 2 fully saturated rings. The molecule has 0 aliphatic carbocycles. The molecule has 2 atom stereocenters. The first-order chi connectivity index (χ1) is 9.84. The molecular weight excluding hydrogens is 270 g/mol. The standard InChI is InChI=1S/C15H31N3OS/c16-15(13-14-5-1-2-6-17-14)19-10-4-3-7-18-8-11-20-12-9-18/h14-15,17H,1-13,16H2.